The number of halogens is 1. The van der Waals surface area contributed by atoms with Gasteiger partial charge in [-0.2, -0.15) is 0 Å². The van der Waals surface area contributed by atoms with Gasteiger partial charge >= 0.3 is 5.69 Å². The average Bonchev–Trinajstić information content (AvgIpc) is 2.41. The predicted molar refractivity (Wildman–Crippen MR) is 75.2 cm³/mol. The van der Waals surface area contributed by atoms with Gasteiger partial charge in [-0.1, -0.05) is 17.7 Å². The number of rotatable bonds is 5. The third-order valence-corrected chi connectivity index (χ3v) is 2.81. The van der Waals surface area contributed by atoms with E-state index in [4.69, 9.17) is 16.3 Å². The Hall–Kier alpha value is -2.18. The normalized spacial score (nSPS) is 10.3. The number of nitro groups is 1. The van der Waals surface area contributed by atoms with Crippen LogP contribution in [0.3, 0.4) is 0 Å². The molecule has 0 atom stereocenters. The van der Waals surface area contributed by atoms with Gasteiger partial charge in [-0.3, -0.25) is 15.1 Å². The van der Waals surface area contributed by atoms with Crippen molar-refractivity contribution in [3.8, 4) is 11.5 Å². The molecule has 0 unspecified atom stereocenters. The number of nitrogens with zero attached hydrogens (tertiary/aromatic N) is 2. The van der Waals surface area contributed by atoms with Crippen LogP contribution in [0.5, 0.6) is 11.5 Å². The van der Waals surface area contributed by atoms with Crippen molar-refractivity contribution in [3.63, 3.8) is 0 Å². The number of para-hydroxylation sites is 1. The molecule has 0 saturated carbocycles. The Morgan fingerprint density at radius 2 is 2.25 bits per heavy atom. The Morgan fingerprint density at radius 1 is 1.45 bits per heavy atom. The molecule has 0 spiro atoms. The summed E-state index contributed by atoms with van der Waals surface area (Å²) in [5.74, 6) is 0.413. The average molecular weight is 294 g/mol. The minimum absolute atomic E-state index is 0.0163. The van der Waals surface area contributed by atoms with E-state index in [0.717, 1.165) is 5.56 Å². The second kappa shape index (κ2) is 6.31. The molecule has 1 aromatic heterocycles. The van der Waals surface area contributed by atoms with Gasteiger partial charge in [-0.25, -0.2) is 0 Å². The Bertz CT molecular complexity index is 634. The van der Waals surface area contributed by atoms with Gasteiger partial charge in [0.15, 0.2) is 0 Å². The first-order valence-corrected chi connectivity index (χ1v) is 6.19. The number of nitrogens with one attached hydrogen (secondary N) is 1. The van der Waals surface area contributed by atoms with Crippen molar-refractivity contribution in [2.24, 2.45) is 0 Å². The summed E-state index contributed by atoms with van der Waals surface area (Å²) in [5, 5.41) is 14.1. The van der Waals surface area contributed by atoms with Crippen molar-refractivity contribution in [1.82, 2.24) is 10.3 Å². The molecule has 0 aliphatic rings. The third kappa shape index (κ3) is 3.23. The van der Waals surface area contributed by atoms with Crippen LogP contribution in [0.15, 0.2) is 36.7 Å². The van der Waals surface area contributed by atoms with E-state index in [-0.39, 0.29) is 16.5 Å². The van der Waals surface area contributed by atoms with Crippen molar-refractivity contribution < 1.29 is 9.66 Å². The Kier molecular flexibility index (Phi) is 4.49. The summed E-state index contributed by atoms with van der Waals surface area (Å²) in [7, 11) is 1.81. The second-order valence-corrected chi connectivity index (χ2v) is 4.41. The van der Waals surface area contributed by atoms with E-state index in [1.165, 1.54) is 24.4 Å². The van der Waals surface area contributed by atoms with Crippen LogP contribution in [-0.4, -0.2) is 17.0 Å². The zero-order chi connectivity index (χ0) is 14.5. The van der Waals surface area contributed by atoms with Crippen LogP contribution in [0.1, 0.15) is 5.56 Å². The highest BCUT2D eigenvalue weighted by atomic mass is 35.5. The minimum atomic E-state index is -0.536. The van der Waals surface area contributed by atoms with Crippen LogP contribution in [0, 0.1) is 10.1 Å². The first-order valence-electron chi connectivity index (χ1n) is 5.81. The van der Waals surface area contributed by atoms with E-state index in [0.29, 0.717) is 12.3 Å². The lowest BCUT2D eigenvalue weighted by molar-refractivity contribution is -0.385. The molecular formula is C13H12ClN3O3. The Morgan fingerprint density at radius 3 is 2.95 bits per heavy atom. The van der Waals surface area contributed by atoms with Crippen LogP contribution < -0.4 is 10.1 Å². The van der Waals surface area contributed by atoms with Gasteiger partial charge in [0.25, 0.3) is 0 Å². The Balaban J connectivity index is 2.34. The van der Waals surface area contributed by atoms with E-state index in [1.807, 2.05) is 7.05 Å². The van der Waals surface area contributed by atoms with Gasteiger partial charge in [0.05, 0.1) is 16.1 Å². The lowest BCUT2D eigenvalue weighted by atomic mass is 10.2. The summed E-state index contributed by atoms with van der Waals surface area (Å²) in [6, 6.07) is 6.13. The minimum Gasteiger partial charge on any atom is -0.447 e. The monoisotopic (exact) mass is 293 g/mol. The maximum absolute atomic E-state index is 11.0. The quantitative estimate of drug-likeness (QED) is 0.677. The van der Waals surface area contributed by atoms with Gasteiger partial charge in [-0.05, 0) is 24.7 Å². The van der Waals surface area contributed by atoms with E-state index in [2.05, 4.69) is 10.3 Å². The van der Waals surface area contributed by atoms with Crippen LogP contribution in [0.4, 0.5) is 5.69 Å². The first-order chi connectivity index (χ1) is 9.61. The highest BCUT2D eigenvalue weighted by molar-refractivity contribution is 6.32. The second-order valence-electron chi connectivity index (χ2n) is 4.01. The molecule has 0 bridgehead atoms. The number of aromatic nitrogens is 1. The molecule has 0 radical (unpaired) electrons. The van der Waals surface area contributed by atoms with Gasteiger partial charge < -0.3 is 10.1 Å². The predicted octanol–water partition coefficient (Wildman–Crippen LogP) is 3.15. The summed E-state index contributed by atoms with van der Waals surface area (Å²) in [6.45, 7) is 0.620. The summed E-state index contributed by atoms with van der Waals surface area (Å²) in [5.41, 5.74) is 0.719. The fraction of sp³-hybridized carbons (Fsp3) is 0.154. The SMILES string of the molecule is CNCc1cncc(Oc2c(Cl)cccc2[N+](=O)[O-])c1. The van der Waals surface area contributed by atoms with Crippen molar-refractivity contribution >= 4 is 17.3 Å². The standard InChI is InChI=1S/C13H12ClN3O3/c1-15-6-9-5-10(8-16-7-9)20-13-11(14)3-2-4-12(13)17(18)19/h2-5,7-8,15H,6H2,1H3. The summed E-state index contributed by atoms with van der Waals surface area (Å²) >= 11 is 5.96. The van der Waals surface area contributed by atoms with Crippen molar-refractivity contribution in [3.05, 3.63) is 57.4 Å². The molecule has 0 aliphatic carbocycles. The molecule has 0 amide bonds. The van der Waals surface area contributed by atoms with E-state index < -0.39 is 4.92 Å². The molecule has 2 rings (SSSR count). The molecule has 2 aromatic rings. The van der Waals surface area contributed by atoms with Crippen LogP contribution in [-0.2, 0) is 6.54 Å². The fourth-order valence-electron chi connectivity index (χ4n) is 1.68. The van der Waals surface area contributed by atoms with Gasteiger partial charge in [0.2, 0.25) is 5.75 Å². The molecule has 0 aliphatic heterocycles. The molecule has 20 heavy (non-hydrogen) atoms. The number of benzene rings is 1. The van der Waals surface area contributed by atoms with Crippen molar-refractivity contribution in [1.29, 1.82) is 0 Å². The van der Waals surface area contributed by atoms with Crippen molar-refractivity contribution in [2.45, 2.75) is 6.54 Å². The van der Waals surface area contributed by atoms with Crippen LogP contribution >= 0.6 is 11.6 Å². The number of ether oxygens (including phenoxy) is 1. The van der Waals surface area contributed by atoms with Crippen molar-refractivity contribution in [2.75, 3.05) is 7.05 Å². The molecule has 1 aromatic carbocycles. The van der Waals surface area contributed by atoms with Crippen LogP contribution in [0.25, 0.3) is 0 Å². The molecule has 7 heteroatoms. The number of hydrogen-bond acceptors (Lipinski definition) is 5. The number of pyridine rings is 1. The molecule has 104 valence electrons. The lowest BCUT2D eigenvalue weighted by Gasteiger charge is -2.08. The molecular weight excluding hydrogens is 282 g/mol. The molecule has 0 saturated heterocycles. The third-order valence-electron chi connectivity index (χ3n) is 2.51. The van der Waals surface area contributed by atoms with Crippen LogP contribution in [0.2, 0.25) is 5.02 Å². The highest BCUT2D eigenvalue weighted by Crippen LogP contribution is 2.37. The number of nitro benzene ring substituents is 1. The first kappa shape index (κ1) is 14.2. The Labute approximate surface area is 120 Å². The molecule has 0 fully saturated rings. The van der Waals surface area contributed by atoms with Gasteiger partial charge in [0, 0.05) is 18.8 Å². The largest absolute Gasteiger partial charge is 0.447 e. The van der Waals surface area contributed by atoms with Gasteiger partial charge in [-0.15, -0.1) is 0 Å². The summed E-state index contributed by atoms with van der Waals surface area (Å²) in [6.07, 6.45) is 3.16. The molecule has 1 N–H and O–H groups in total. The fourth-order valence-corrected chi connectivity index (χ4v) is 1.89. The summed E-state index contributed by atoms with van der Waals surface area (Å²) in [4.78, 5) is 14.5. The lowest BCUT2D eigenvalue weighted by Crippen LogP contribution is -2.05. The smallest absolute Gasteiger partial charge is 0.313 e. The maximum Gasteiger partial charge on any atom is 0.313 e. The molecule has 6 nitrogen and oxygen atoms in total. The topological polar surface area (TPSA) is 77.3 Å². The molecule has 1 heterocycles. The van der Waals surface area contributed by atoms with E-state index in [1.54, 1.807) is 12.3 Å². The summed E-state index contributed by atoms with van der Waals surface area (Å²) < 4.78 is 5.52. The number of hydrogen-bond donors (Lipinski definition) is 1. The highest BCUT2D eigenvalue weighted by Gasteiger charge is 2.19. The van der Waals surface area contributed by atoms with E-state index >= 15 is 0 Å². The van der Waals surface area contributed by atoms with E-state index in [9.17, 15) is 10.1 Å². The zero-order valence-corrected chi connectivity index (χ0v) is 11.4. The maximum atomic E-state index is 11.0. The van der Waals surface area contributed by atoms with Gasteiger partial charge in [0.1, 0.15) is 5.75 Å². The zero-order valence-electron chi connectivity index (χ0n) is 10.7.